The fourth-order valence-corrected chi connectivity index (χ4v) is 4.32. The van der Waals surface area contributed by atoms with Gasteiger partial charge in [0.05, 0.1) is 11.7 Å². The second-order valence-electron chi connectivity index (χ2n) is 7.38. The molecule has 0 aromatic rings. The molecule has 0 saturated heterocycles. The van der Waals surface area contributed by atoms with Crippen molar-refractivity contribution in [1.29, 1.82) is 0 Å². The standard InChI is InChI=1S/C19H37NO/c1-3-15-20-16-19(13-9-5-6-10-14-19)21-18-12-8-7-11-17(18)4-2/h17-18,20H,3-16H2,1-2H3. The summed E-state index contributed by atoms with van der Waals surface area (Å²) in [6.45, 7) is 6.81. The zero-order valence-electron chi connectivity index (χ0n) is 14.5. The molecular weight excluding hydrogens is 258 g/mol. The van der Waals surface area contributed by atoms with Crippen LogP contribution in [-0.2, 0) is 4.74 Å². The fourth-order valence-electron chi connectivity index (χ4n) is 4.32. The smallest absolute Gasteiger partial charge is 0.0810 e. The highest BCUT2D eigenvalue weighted by Gasteiger charge is 2.37. The predicted molar refractivity (Wildman–Crippen MR) is 90.7 cm³/mol. The number of hydrogen-bond donors (Lipinski definition) is 1. The summed E-state index contributed by atoms with van der Waals surface area (Å²) in [7, 11) is 0. The van der Waals surface area contributed by atoms with Crippen molar-refractivity contribution in [3.05, 3.63) is 0 Å². The average Bonchev–Trinajstić information content (AvgIpc) is 2.74. The number of ether oxygens (including phenoxy) is 1. The van der Waals surface area contributed by atoms with E-state index >= 15 is 0 Å². The van der Waals surface area contributed by atoms with Gasteiger partial charge in [0.2, 0.25) is 0 Å². The van der Waals surface area contributed by atoms with E-state index in [2.05, 4.69) is 19.2 Å². The van der Waals surface area contributed by atoms with E-state index in [1.807, 2.05) is 0 Å². The number of rotatable bonds is 7. The average molecular weight is 296 g/mol. The quantitative estimate of drug-likeness (QED) is 0.523. The Balaban J connectivity index is 1.99. The number of nitrogens with one attached hydrogen (secondary N) is 1. The van der Waals surface area contributed by atoms with E-state index < -0.39 is 0 Å². The van der Waals surface area contributed by atoms with Crippen LogP contribution in [-0.4, -0.2) is 24.8 Å². The fraction of sp³-hybridized carbons (Fsp3) is 1.00. The molecule has 0 aromatic heterocycles. The Morgan fingerprint density at radius 3 is 2.33 bits per heavy atom. The molecule has 0 heterocycles. The van der Waals surface area contributed by atoms with Crippen LogP contribution in [0.25, 0.3) is 0 Å². The van der Waals surface area contributed by atoms with E-state index in [0.29, 0.717) is 6.10 Å². The molecule has 0 bridgehead atoms. The van der Waals surface area contributed by atoms with Crippen LogP contribution in [0, 0.1) is 5.92 Å². The molecule has 0 aromatic carbocycles. The van der Waals surface area contributed by atoms with Crippen molar-refractivity contribution in [2.24, 2.45) is 5.92 Å². The van der Waals surface area contributed by atoms with Crippen LogP contribution in [0.5, 0.6) is 0 Å². The summed E-state index contributed by atoms with van der Waals surface area (Å²) >= 11 is 0. The Hall–Kier alpha value is -0.0800. The Bertz CT molecular complexity index is 271. The maximum atomic E-state index is 6.89. The lowest BCUT2D eigenvalue weighted by Crippen LogP contribution is -2.47. The van der Waals surface area contributed by atoms with Gasteiger partial charge in [-0.3, -0.25) is 0 Å². The van der Waals surface area contributed by atoms with Crippen molar-refractivity contribution in [2.45, 2.75) is 103 Å². The van der Waals surface area contributed by atoms with E-state index in [9.17, 15) is 0 Å². The second-order valence-corrected chi connectivity index (χ2v) is 7.38. The van der Waals surface area contributed by atoms with Gasteiger partial charge in [0.15, 0.2) is 0 Å². The van der Waals surface area contributed by atoms with Gasteiger partial charge >= 0.3 is 0 Å². The lowest BCUT2D eigenvalue weighted by molar-refractivity contribution is -0.132. The van der Waals surface area contributed by atoms with Crippen LogP contribution in [0.2, 0.25) is 0 Å². The van der Waals surface area contributed by atoms with E-state index in [4.69, 9.17) is 4.74 Å². The molecule has 2 aliphatic carbocycles. The minimum atomic E-state index is 0.140. The second kappa shape index (κ2) is 9.15. The first-order valence-corrected chi connectivity index (χ1v) is 9.68. The molecule has 2 rings (SSSR count). The van der Waals surface area contributed by atoms with Crippen LogP contribution in [0.3, 0.4) is 0 Å². The SMILES string of the molecule is CCCNCC1(OC2CCCCC2CC)CCCCCC1. The Kier molecular flexibility index (Phi) is 7.53. The summed E-state index contributed by atoms with van der Waals surface area (Å²) in [5, 5.41) is 3.67. The molecule has 0 aliphatic heterocycles. The van der Waals surface area contributed by atoms with Gasteiger partial charge in [-0.1, -0.05) is 58.8 Å². The topological polar surface area (TPSA) is 21.3 Å². The third-order valence-corrected chi connectivity index (χ3v) is 5.65. The molecule has 2 heteroatoms. The van der Waals surface area contributed by atoms with Crippen molar-refractivity contribution in [2.75, 3.05) is 13.1 Å². The minimum Gasteiger partial charge on any atom is -0.370 e. The zero-order valence-corrected chi connectivity index (χ0v) is 14.5. The summed E-state index contributed by atoms with van der Waals surface area (Å²) < 4.78 is 6.89. The van der Waals surface area contributed by atoms with E-state index in [-0.39, 0.29) is 5.60 Å². The molecule has 1 N–H and O–H groups in total. The molecule has 2 nitrogen and oxygen atoms in total. The lowest BCUT2D eigenvalue weighted by Gasteiger charge is -2.41. The maximum absolute atomic E-state index is 6.89. The van der Waals surface area contributed by atoms with E-state index in [1.165, 1.54) is 77.0 Å². The highest BCUT2D eigenvalue weighted by molar-refractivity contribution is 4.89. The van der Waals surface area contributed by atoms with Gasteiger partial charge in [-0.15, -0.1) is 0 Å². The molecule has 2 unspecified atom stereocenters. The summed E-state index contributed by atoms with van der Waals surface area (Å²) in [5.74, 6) is 0.810. The highest BCUT2D eigenvalue weighted by Crippen LogP contribution is 2.37. The van der Waals surface area contributed by atoms with Crippen LogP contribution >= 0.6 is 0 Å². The van der Waals surface area contributed by atoms with Crippen molar-refractivity contribution in [1.82, 2.24) is 5.32 Å². The first-order chi connectivity index (χ1) is 10.3. The van der Waals surface area contributed by atoms with Crippen molar-refractivity contribution in [3.63, 3.8) is 0 Å². The van der Waals surface area contributed by atoms with Gasteiger partial charge in [0.25, 0.3) is 0 Å². The highest BCUT2D eigenvalue weighted by atomic mass is 16.5. The monoisotopic (exact) mass is 295 g/mol. The molecule has 0 spiro atoms. The van der Waals surface area contributed by atoms with Gasteiger partial charge in [-0.2, -0.15) is 0 Å². The Labute approximate surface area is 132 Å². The van der Waals surface area contributed by atoms with Crippen LogP contribution in [0.4, 0.5) is 0 Å². The van der Waals surface area contributed by atoms with Gasteiger partial charge in [0, 0.05) is 6.54 Å². The normalized spacial score (nSPS) is 30.0. The van der Waals surface area contributed by atoms with Gasteiger partial charge in [-0.25, -0.2) is 0 Å². The summed E-state index contributed by atoms with van der Waals surface area (Å²) in [6, 6.07) is 0. The lowest BCUT2D eigenvalue weighted by atomic mass is 9.83. The third kappa shape index (κ3) is 5.25. The Morgan fingerprint density at radius 1 is 0.952 bits per heavy atom. The molecule has 2 fully saturated rings. The number of hydrogen-bond acceptors (Lipinski definition) is 2. The molecule has 2 saturated carbocycles. The first-order valence-electron chi connectivity index (χ1n) is 9.68. The molecular formula is C19H37NO. The van der Waals surface area contributed by atoms with Gasteiger partial charge in [-0.05, 0) is 44.6 Å². The van der Waals surface area contributed by atoms with E-state index in [1.54, 1.807) is 0 Å². The first kappa shape index (κ1) is 17.3. The molecule has 0 amide bonds. The molecule has 2 atom stereocenters. The van der Waals surface area contributed by atoms with Gasteiger partial charge in [0.1, 0.15) is 0 Å². The van der Waals surface area contributed by atoms with Crippen molar-refractivity contribution in [3.8, 4) is 0 Å². The predicted octanol–water partition coefficient (Wildman–Crippen LogP) is 5.06. The summed E-state index contributed by atoms with van der Waals surface area (Å²) in [4.78, 5) is 0. The van der Waals surface area contributed by atoms with Crippen LogP contribution in [0.15, 0.2) is 0 Å². The molecule has 2 aliphatic rings. The van der Waals surface area contributed by atoms with Gasteiger partial charge < -0.3 is 10.1 Å². The van der Waals surface area contributed by atoms with E-state index in [0.717, 1.165) is 19.0 Å². The van der Waals surface area contributed by atoms with Crippen molar-refractivity contribution < 1.29 is 4.74 Å². The van der Waals surface area contributed by atoms with Crippen LogP contribution in [0.1, 0.15) is 90.9 Å². The van der Waals surface area contributed by atoms with Crippen molar-refractivity contribution >= 4 is 0 Å². The molecule has 0 radical (unpaired) electrons. The largest absolute Gasteiger partial charge is 0.370 e. The molecule has 124 valence electrons. The summed E-state index contributed by atoms with van der Waals surface area (Å²) in [6.07, 6.45) is 16.6. The summed E-state index contributed by atoms with van der Waals surface area (Å²) in [5.41, 5.74) is 0.140. The van der Waals surface area contributed by atoms with Crippen LogP contribution < -0.4 is 5.32 Å². The molecule has 21 heavy (non-hydrogen) atoms. The zero-order chi connectivity index (χ0) is 15.0. The third-order valence-electron chi connectivity index (χ3n) is 5.65. The Morgan fingerprint density at radius 2 is 1.67 bits per heavy atom. The maximum Gasteiger partial charge on any atom is 0.0810 e. The minimum absolute atomic E-state index is 0.140.